The topological polar surface area (TPSA) is 114 Å². The van der Waals surface area contributed by atoms with Crippen LogP contribution >= 0.6 is 0 Å². The van der Waals surface area contributed by atoms with Gasteiger partial charge in [-0.15, -0.1) is 0 Å². The largest absolute Gasteiger partial charge is 0.369 e. The molecule has 0 unspecified atom stereocenters. The van der Waals surface area contributed by atoms with Gasteiger partial charge in [-0.3, -0.25) is 9.59 Å². The van der Waals surface area contributed by atoms with Gasteiger partial charge in [0, 0.05) is 49.2 Å². The number of aliphatic hydroxyl groups is 1. The quantitative estimate of drug-likeness (QED) is 0.628. The fourth-order valence-electron chi connectivity index (χ4n) is 3.31. The van der Waals surface area contributed by atoms with Crippen molar-refractivity contribution in [2.24, 2.45) is 5.73 Å². The molecule has 0 spiro atoms. The molecular formula is C21H19N5O3. The first-order valence-corrected chi connectivity index (χ1v) is 9.04. The lowest BCUT2D eigenvalue weighted by Gasteiger charge is -2.13. The van der Waals surface area contributed by atoms with Gasteiger partial charge >= 0.3 is 0 Å². The van der Waals surface area contributed by atoms with Crippen molar-refractivity contribution in [3.63, 3.8) is 0 Å². The van der Waals surface area contributed by atoms with Crippen molar-refractivity contribution in [3.05, 3.63) is 53.6 Å². The van der Waals surface area contributed by atoms with Crippen LogP contribution in [-0.2, 0) is 4.79 Å². The maximum Gasteiger partial charge on any atom is 0.268 e. The Kier molecular flexibility index (Phi) is 4.32. The molecule has 1 aliphatic heterocycles. The van der Waals surface area contributed by atoms with E-state index in [-0.39, 0.29) is 12.1 Å². The summed E-state index contributed by atoms with van der Waals surface area (Å²) in [5, 5.41) is 10.5. The molecule has 0 saturated carbocycles. The van der Waals surface area contributed by atoms with E-state index in [4.69, 9.17) is 5.73 Å². The molecule has 146 valence electrons. The molecule has 2 aromatic heterocycles. The summed E-state index contributed by atoms with van der Waals surface area (Å²) in [7, 11) is 1.64. The van der Waals surface area contributed by atoms with Crippen molar-refractivity contribution in [1.29, 1.82) is 0 Å². The van der Waals surface area contributed by atoms with Gasteiger partial charge in [-0.1, -0.05) is 24.0 Å². The summed E-state index contributed by atoms with van der Waals surface area (Å²) in [5.74, 6) is 4.56. The average Bonchev–Trinajstić information content (AvgIpc) is 3.21. The molecule has 8 nitrogen and oxygen atoms in total. The standard InChI is InChI=1S/C21H19N5O3/c1-13-11-23-19-17(24-16(18(22)27)12-26(13)19)15-5-3-4-14(10-15)6-7-21(29)8-9-25(2)20(21)28/h3-5,10-12,29H,8-9H2,1-2H3,(H2,22,27)/t21-/m0/s1. The van der Waals surface area contributed by atoms with Crippen LogP contribution in [0.4, 0.5) is 0 Å². The second-order valence-electron chi connectivity index (χ2n) is 7.10. The van der Waals surface area contributed by atoms with Gasteiger partial charge in [0.2, 0.25) is 5.60 Å². The number of likely N-dealkylation sites (N-methyl/N-ethyl adjacent to an activating group) is 1. The smallest absolute Gasteiger partial charge is 0.268 e. The minimum absolute atomic E-state index is 0.124. The summed E-state index contributed by atoms with van der Waals surface area (Å²) in [5.41, 5.74) is 7.11. The number of nitrogens with two attached hydrogens (primary N) is 1. The SMILES string of the molecule is Cc1cnc2c(-c3cccc(C#C[C@]4(O)CCN(C)C4=O)c3)nc(C(N)=O)cn12. The Morgan fingerprint density at radius 1 is 1.38 bits per heavy atom. The van der Waals surface area contributed by atoms with Crippen LogP contribution in [0.2, 0.25) is 0 Å². The molecule has 1 aromatic carbocycles. The number of carbonyl (C=O) groups is 2. The lowest BCUT2D eigenvalue weighted by molar-refractivity contribution is -0.137. The van der Waals surface area contributed by atoms with Crippen LogP contribution in [0.5, 0.6) is 0 Å². The predicted octanol–water partition coefficient (Wildman–Crippen LogP) is 0.748. The van der Waals surface area contributed by atoms with Crippen LogP contribution < -0.4 is 5.73 Å². The second kappa shape index (κ2) is 6.72. The number of rotatable bonds is 2. The molecule has 2 amide bonds. The van der Waals surface area contributed by atoms with E-state index < -0.39 is 17.4 Å². The van der Waals surface area contributed by atoms with Crippen LogP contribution in [-0.4, -0.2) is 55.4 Å². The third kappa shape index (κ3) is 3.22. The number of nitrogens with zero attached hydrogens (tertiary/aromatic N) is 4. The highest BCUT2D eigenvalue weighted by molar-refractivity contribution is 5.92. The van der Waals surface area contributed by atoms with Crippen molar-refractivity contribution in [2.75, 3.05) is 13.6 Å². The zero-order chi connectivity index (χ0) is 20.8. The molecule has 4 rings (SSSR count). The molecule has 3 aromatic rings. The van der Waals surface area contributed by atoms with E-state index >= 15 is 0 Å². The van der Waals surface area contributed by atoms with E-state index in [1.165, 1.54) is 4.90 Å². The minimum atomic E-state index is -1.66. The van der Waals surface area contributed by atoms with Gasteiger partial charge in [-0.2, -0.15) is 0 Å². The molecule has 1 atom stereocenters. The molecule has 0 aliphatic carbocycles. The van der Waals surface area contributed by atoms with Crippen molar-refractivity contribution < 1.29 is 14.7 Å². The Labute approximate surface area is 167 Å². The van der Waals surface area contributed by atoms with E-state index in [9.17, 15) is 14.7 Å². The third-order valence-electron chi connectivity index (χ3n) is 4.99. The molecule has 0 bridgehead atoms. The van der Waals surface area contributed by atoms with Crippen LogP contribution in [0, 0.1) is 18.8 Å². The summed E-state index contributed by atoms with van der Waals surface area (Å²) in [6.07, 6.45) is 3.52. The van der Waals surface area contributed by atoms with Crippen molar-refractivity contribution >= 4 is 17.5 Å². The van der Waals surface area contributed by atoms with E-state index in [1.807, 2.05) is 13.0 Å². The molecule has 1 saturated heterocycles. The first-order chi connectivity index (χ1) is 13.8. The van der Waals surface area contributed by atoms with Gasteiger partial charge in [0.15, 0.2) is 5.65 Å². The van der Waals surface area contributed by atoms with Crippen LogP contribution in [0.3, 0.4) is 0 Å². The molecule has 3 heterocycles. The van der Waals surface area contributed by atoms with Crippen LogP contribution in [0.1, 0.15) is 28.2 Å². The number of fused-ring (bicyclic) bond motifs is 1. The number of hydrogen-bond donors (Lipinski definition) is 2. The number of benzene rings is 1. The fraction of sp³-hybridized carbons (Fsp3) is 0.238. The first kappa shape index (κ1) is 18.7. The number of aryl methyl sites for hydroxylation is 1. The zero-order valence-corrected chi connectivity index (χ0v) is 16.0. The molecule has 1 aliphatic rings. The number of amides is 2. The molecule has 1 fully saturated rings. The molecular weight excluding hydrogens is 370 g/mol. The number of imidazole rings is 1. The highest BCUT2D eigenvalue weighted by Crippen LogP contribution is 2.25. The number of carbonyl (C=O) groups excluding carboxylic acids is 2. The maximum atomic E-state index is 12.1. The van der Waals surface area contributed by atoms with Gasteiger partial charge in [0.25, 0.3) is 11.8 Å². The predicted molar refractivity (Wildman–Crippen MR) is 106 cm³/mol. The van der Waals surface area contributed by atoms with Crippen LogP contribution in [0.25, 0.3) is 16.9 Å². The van der Waals surface area contributed by atoms with E-state index in [0.717, 1.165) is 5.69 Å². The van der Waals surface area contributed by atoms with Gasteiger partial charge in [-0.25, -0.2) is 9.97 Å². The Balaban J connectivity index is 1.79. The third-order valence-corrected chi connectivity index (χ3v) is 4.99. The van der Waals surface area contributed by atoms with Crippen molar-refractivity contribution in [3.8, 4) is 23.1 Å². The second-order valence-corrected chi connectivity index (χ2v) is 7.10. The van der Waals surface area contributed by atoms with Gasteiger partial charge in [0.05, 0.1) is 0 Å². The Morgan fingerprint density at radius 3 is 2.86 bits per heavy atom. The highest BCUT2D eigenvalue weighted by atomic mass is 16.3. The van der Waals surface area contributed by atoms with E-state index in [0.29, 0.717) is 29.0 Å². The Hall–Kier alpha value is -3.70. The first-order valence-electron chi connectivity index (χ1n) is 9.04. The average molecular weight is 389 g/mol. The fourth-order valence-corrected chi connectivity index (χ4v) is 3.31. The van der Waals surface area contributed by atoms with Gasteiger partial charge in [-0.05, 0) is 19.1 Å². The summed E-state index contributed by atoms with van der Waals surface area (Å²) < 4.78 is 1.76. The van der Waals surface area contributed by atoms with Crippen LogP contribution in [0.15, 0.2) is 36.7 Å². The zero-order valence-electron chi connectivity index (χ0n) is 16.0. The minimum Gasteiger partial charge on any atom is -0.369 e. The molecule has 3 N–H and O–H groups in total. The summed E-state index contributed by atoms with van der Waals surface area (Å²) in [6.45, 7) is 2.33. The highest BCUT2D eigenvalue weighted by Gasteiger charge is 2.42. The number of hydrogen-bond acceptors (Lipinski definition) is 5. The summed E-state index contributed by atoms with van der Waals surface area (Å²) in [4.78, 5) is 34.0. The Bertz CT molecular complexity index is 1220. The van der Waals surface area contributed by atoms with Gasteiger partial charge in [0.1, 0.15) is 11.4 Å². The van der Waals surface area contributed by atoms with E-state index in [1.54, 1.807) is 42.0 Å². The van der Waals surface area contributed by atoms with Crippen molar-refractivity contribution in [1.82, 2.24) is 19.3 Å². The molecule has 0 radical (unpaired) electrons. The van der Waals surface area contributed by atoms with Crippen molar-refractivity contribution in [2.45, 2.75) is 18.9 Å². The Morgan fingerprint density at radius 2 is 2.17 bits per heavy atom. The molecule has 29 heavy (non-hydrogen) atoms. The number of likely N-dealkylation sites (tertiary alicyclic amines) is 1. The van der Waals surface area contributed by atoms with Gasteiger partial charge < -0.3 is 20.1 Å². The van der Waals surface area contributed by atoms with E-state index in [2.05, 4.69) is 21.8 Å². The number of primary amides is 1. The number of aromatic nitrogens is 3. The summed E-state index contributed by atoms with van der Waals surface area (Å²) >= 11 is 0. The molecule has 8 heteroatoms. The normalized spacial score (nSPS) is 18.7. The lowest BCUT2D eigenvalue weighted by atomic mass is 10.0. The maximum absolute atomic E-state index is 12.1. The monoisotopic (exact) mass is 389 g/mol. The lowest BCUT2D eigenvalue weighted by Crippen LogP contribution is -2.37. The summed E-state index contributed by atoms with van der Waals surface area (Å²) in [6, 6.07) is 7.16.